The predicted octanol–water partition coefficient (Wildman–Crippen LogP) is 3.27. The van der Waals surface area contributed by atoms with Gasteiger partial charge in [-0.1, -0.05) is 41.7 Å². The van der Waals surface area contributed by atoms with Crippen LogP contribution in [-0.2, 0) is 9.53 Å². The number of nitrogens with one attached hydrogen (secondary N) is 2. The number of ether oxygens (including phenoxy) is 1. The molecular formula is C16H19N3O3S. The molecule has 0 fully saturated rings. The second kappa shape index (κ2) is 7.23. The van der Waals surface area contributed by atoms with Crippen LogP contribution in [0.1, 0.15) is 20.3 Å². The molecule has 2 aromatic rings. The molecule has 0 bridgehead atoms. The third-order valence-electron chi connectivity index (χ3n) is 3.05. The molecule has 2 N–H and O–H groups in total. The Morgan fingerprint density at radius 2 is 1.96 bits per heavy atom. The predicted molar refractivity (Wildman–Crippen MR) is 90.4 cm³/mol. The van der Waals surface area contributed by atoms with Gasteiger partial charge in [0.2, 0.25) is 0 Å². The van der Waals surface area contributed by atoms with Gasteiger partial charge in [-0.15, -0.1) is 0 Å². The number of urea groups is 1. The third-order valence-corrected chi connectivity index (χ3v) is 4.01. The van der Waals surface area contributed by atoms with Crippen molar-refractivity contribution in [2.75, 3.05) is 12.4 Å². The molecule has 2 rings (SSSR count). The Bertz CT molecular complexity index is 683. The summed E-state index contributed by atoms with van der Waals surface area (Å²) in [6.45, 7) is 3.50. The van der Waals surface area contributed by atoms with E-state index in [0.29, 0.717) is 5.13 Å². The molecule has 0 aliphatic carbocycles. The zero-order valence-electron chi connectivity index (χ0n) is 13.3. The summed E-state index contributed by atoms with van der Waals surface area (Å²) in [5, 5.41) is 5.92. The minimum atomic E-state index is -0.712. The molecule has 0 atom stereocenters. The molecule has 0 spiro atoms. The molecule has 0 aliphatic rings. The van der Waals surface area contributed by atoms with Crippen molar-refractivity contribution in [2.45, 2.75) is 25.8 Å². The van der Waals surface area contributed by atoms with E-state index in [4.69, 9.17) is 0 Å². The first-order valence-corrected chi connectivity index (χ1v) is 7.88. The first-order chi connectivity index (χ1) is 10.9. The number of hydrogen-bond donors (Lipinski definition) is 2. The summed E-state index contributed by atoms with van der Waals surface area (Å²) in [5.41, 5.74) is 0.334. The van der Waals surface area contributed by atoms with Crippen LogP contribution in [0.3, 0.4) is 0 Å². The van der Waals surface area contributed by atoms with E-state index in [-0.39, 0.29) is 12.4 Å². The first kappa shape index (κ1) is 17.0. The molecule has 0 saturated carbocycles. The molecule has 0 saturated heterocycles. The van der Waals surface area contributed by atoms with E-state index in [9.17, 15) is 9.59 Å². The number of thiazole rings is 1. The Labute approximate surface area is 138 Å². The Kier molecular flexibility index (Phi) is 5.33. The molecule has 1 aromatic heterocycles. The van der Waals surface area contributed by atoms with Crippen molar-refractivity contribution >= 4 is 28.5 Å². The summed E-state index contributed by atoms with van der Waals surface area (Å²) in [4.78, 5) is 28.5. The molecule has 0 radical (unpaired) electrons. The molecule has 0 unspecified atom stereocenters. The number of anilines is 1. The lowest BCUT2D eigenvalue weighted by Crippen LogP contribution is -2.47. The van der Waals surface area contributed by atoms with Gasteiger partial charge in [-0.25, -0.2) is 9.78 Å². The fourth-order valence-corrected chi connectivity index (χ4v) is 2.80. The molecular weight excluding hydrogens is 314 g/mol. The van der Waals surface area contributed by atoms with Crippen LogP contribution in [0.25, 0.3) is 10.4 Å². The van der Waals surface area contributed by atoms with Crippen molar-refractivity contribution in [3.8, 4) is 10.4 Å². The Hall–Kier alpha value is -2.41. The number of amides is 2. The zero-order valence-corrected chi connectivity index (χ0v) is 14.1. The highest BCUT2D eigenvalue weighted by Crippen LogP contribution is 2.28. The van der Waals surface area contributed by atoms with Gasteiger partial charge in [0.05, 0.1) is 18.4 Å². The molecule has 1 aromatic carbocycles. The van der Waals surface area contributed by atoms with Crippen LogP contribution >= 0.6 is 11.3 Å². The van der Waals surface area contributed by atoms with Gasteiger partial charge in [0, 0.05) is 11.7 Å². The first-order valence-electron chi connectivity index (χ1n) is 7.07. The van der Waals surface area contributed by atoms with E-state index < -0.39 is 11.6 Å². The Morgan fingerprint density at radius 1 is 1.26 bits per heavy atom. The van der Waals surface area contributed by atoms with Gasteiger partial charge in [-0.3, -0.25) is 10.1 Å². The van der Waals surface area contributed by atoms with E-state index >= 15 is 0 Å². The summed E-state index contributed by atoms with van der Waals surface area (Å²) >= 11 is 1.38. The fourth-order valence-electron chi connectivity index (χ4n) is 1.98. The van der Waals surface area contributed by atoms with Crippen molar-refractivity contribution in [3.05, 3.63) is 36.5 Å². The average Bonchev–Trinajstić information content (AvgIpc) is 2.95. The number of rotatable bonds is 5. The summed E-state index contributed by atoms with van der Waals surface area (Å²) in [6, 6.07) is 9.40. The smallest absolute Gasteiger partial charge is 0.321 e. The van der Waals surface area contributed by atoms with Gasteiger partial charge in [0.1, 0.15) is 0 Å². The lowest BCUT2D eigenvalue weighted by atomic mass is 10.0. The largest absolute Gasteiger partial charge is 0.469 e. The topological polar surface area (TPSA) is 80.3 Å². The Morgan fingerprint density at radius 3 is 2.61 bits per heavy atom. The molecule has 1 heterocycles. The van der Waals surface area contributed by atoms with Crippen LogP contribution in [-0.4, -0.2) is 29.6 Å². The monoisotopic (exact) mass is 333 g/mol. The third kappa shape index (κ3) is 5.07. The maximum Gasteiger partial charge on any atom is 0.321 e. The number of nitrogens with zero attached hydrogens (tertiary/aromatic N) is 1. The van der Waals surface area contributed by atoms with Crippen LogP contribution in [0.4, 0.5) is 9.93 Å². The van der Waals surface area contributed by atoms with Gasteiger partial charge >= 0.3 is 12.0 Å². The average molecular weight is 333 g/mol. The quantitative estimate of drug-likeness (QED) is 0.823. The minimum Gasteiger partial charge on any atom is -0.469 e. The highest BCUT2D eigenvalue weighted by molar-refractivity contribution is 7.19. The fraction of sp³-hybridized carbons (Fsp3) is 0.312. The number of benzene rings is 1. The highest BCUT2D eigenvalue weighted by Gasteiger charge is 2.25. The lowest BCUT2D eigenvalue weighted by molar-refractivity contribution is -0.141. The molecule has 2 amide bonds. The lowest BCUT2D eigenvalue weighted by Gasteiger charge is -2.24. The van der Waals surface area contributed by atoms with Crippen molar-refractivity contribution in [1.29, 1.82) is 0 Å². The second-order valence-corrected chi connectivity index (χ2v) is 6.64. The number of methoxy groups -OCH3 is 1. The van der Waals surface area contributed by atoms with Crippen molar-refractivity contribution in [3.63, 3.8) is 0 Å². The van der Waals surface area contributed by atoms with Crippen LogP contribution in [0, 0.1) is 0 Å². The molecule has 7 heteroatoms. The normalized spacial score (nSPS) is 10.9. The molecule has 122 valence electrons. The van der Waals surface area contributed by atoms with Crippen LogP contribution in [0.5, 0.6) is 0 Å². The summed E-state index contributed by atoms with van der Waals surface area (Å²) < 4.78 is 4.62. The van der Waals surface area contributed by atoms with Gasteiger partial charge in [-0.05, 0) is 19.4 Å². The second-order valence-electron chi connectivity index (χ2n) is 5.61. The van der Waals surface area contributed by atoms with E-state index in [2.05, 4.69) is 20.4 Å². The molecule has 0 aliphatic heterocycles. The number of carbonyl (C=O) groups excluding carboxylic acids is 2. The van der Waals surface area contributed by atoms with E-state index in [1.165, 1.54) is 18.4 Å². The number of carbonyl (C=O) groups is 2. The highest BCUT2D eigenvalue weighted by atomic mass is 32.1. The number of esters is 1. The van der Waals surface area contributed by atoms with Crippen LogP contribution in [0.15, 0.2) is 36.5 Å². The van der Waals surface area contributed by atoms with Gasteiger partial charge in [0.25, 0.3) is 0 Å². The molecule has 6 nitrogen and oxygen atoms in total. The van der Waals surface area contributed by atoms with E-state index in [1.54, 1.807) is 20.0 Å². The van der Waals surface area contributed by atoms with Crippen molar-refractivity contribution in [1.82, 2.24) is 10.3 Å². The number of aromatic nitrogens is 1. The Balaban J connectivity index is 1.96. The van der Waals surface area contributed by atoms with Gasteiger partial charge in [0.15, 0.2) is 5.13 Å². The van der Waals surface area contributed by atoms with Crippen LogP contribution < -0.4 is 10.6 Å². The van der Waals surface area contributed by atoms with Crippen molar-refractivity contribution in [2.24, 2.45) is 0 Å². The van der Waals surface area contributed by atoms with E-state index in [0.717, 1.165) is 10.4 Å². The summed E-state index contributed by atoms with van der Waals surface area (Å²) in [5.74, 6) is -0.379. The van der Waals surface area contributed by atoms with Gasteiger partial charge in [-0.2, -0.15) is 0 Å². The summed E-state index contributed by atoms with van der Waals surface area (Å²) in [6.07, 6.45) is 1.80. The molecule has 23 heavy (non-hydrogen) atoms. The number of hydrogen-bond acceptors (Lipinski definition) is 5. The zero-order chi connectivity index (χ0) is 16.9. The minimum absolute atomic E-state index is 0.0874. The van der Waals surface area contributed by atoms with Crippen LogP contribution in [0.2, 0.25) is 0 Å². The van der Waals surface area contributed by atoms with Gasteiger partial charge < -0.3 is 10.1 Å². The maximum atomic E-state index is 12.0. The maximum absolute atomic E-state index is 12.0. The van der Waals surface area contributed by atoms with Crippen molar-refractivity contribution < 1.29 is 14.3 Å². The van der Waals surface area contributed by atoms with E-state index in [1.807, 2.05) is 30.3 Å². The standard InChI is InChI=1S/C16H19N3O3S/c1-16(2,9-13(20)22-3)19-14(21)18-15-17-10-12(23-15)11-7-5-4-6-8-11/h4-8,10H,9H2,1-3H3,(H2,17,18,19,21). The summed E-state index contributed by atoms with van der Waals surface area (Å²) in [7, 11) is 1.32. The SMILES string of the molecule is COC(=O)CC(C)(C)NC(=O)Nc1ncc(-c2ccccc2)s1.